The van der Waals surface area contributed by atoms with Crippen LogP contribution in [0.15, 0.2) is 11.6 Å². The monoisotopic (exact) mass is 740 g/mol. The number of halogens is 1. The van der Waals surface area contributed by atoms with Gasteiger partial charge in [-0.25, -0.2) is 0 Å². The molecule has 4 aliphatic rings. The Hall–Kier alpha value is -0.370. The number of fused-ring (bicyclic) bond motifs is 5. The molecule has 8 unspecified atom stereocenters. The van der Waals surface area contributed by atoms with Crippen LogP contribution in [-0.2, 0) is 14.3 Å². The van der Waals surface area contributed by atoms with Crippen molar-refractivity contribution < 1.29 is 14.3 Å². The van der Waals surface area contributed by atoms with Crippen molar-refractivity contribution in [2.75, 3.05) is 24.6 Å². The summed E-state index contributed by atoms with van der Waals surface area (Å²) in [5, 5.41) is 3.03. The second kappa shape index (κ2) is 21.4. The highest BCUT2D eigenvalue weighted by atomic mass is 35.5. The van der Waals surface area contributed by atoms with Gasteiger partial charge in [0.05, 0.1) is 5.75 Å². The molecule has 5 nitrogen and oxygen atoms in total. The first-order chi connectivity index (χ1) is 23.1. The molecule has 8 atom stereocenters. The van der Waals surface area contributed by atoms with E-state index in [2.05, 4.69) is 46.0 Å². The molecular weight excluding hydrogens is 668 g/mol. The molecule has 0 aromatic heterocycles. The van der Waals surface area contributed by atoms with Crippen LogP contribution in [0.3, 0.4) is 0 Å². The number of hydrogen-bond donors (Lipinski definition) is 2. The summed E-state index contributed by atoms with van der Waals surface area (Å²) in [6.07, 6.45) is 26.4. The van der Waals surface area contributed by atoms with E-state index in [0.29, 0.717) is 16.9 Å². The van der Waals surface area contributed by atoms with Crippen molar-refractivity contribution >= 4 is 45.9 Å². The van der Waals surface area contributed by atoms with Crippen LogP contribution in [0.5, 0.6) is 0 Å². The number of nitrogens with one attached hydrogen (secondary N) is 1. The molecule has 4 aliphatic carbocycles. The second-order valence-corrected chi connectivity index (χ2v) is 19.6. The molecular formula is C41H73ClN2O3S2. The first-order valence-corrected chi connectivity index (χ1v) is 22.7. The molecule has 0 spiro atoms. The average Bonchev–Trinajstić information content (AvgIpc) is 3.41. The number of allylic oxidation sites excluding steroid dienone is 1. The first-order valence-electron chi connectivity index (χ1n) is 20.2. The van der Waals surface area contributed by atoms with Crippen molar-refractivity contribution in [2.24, 2.45) is 52.1 Å². The van der Waals surface area contributed by atoms with E-state index in [-0.39, 0.29) is 35.8 Å². The zero-order chi connectivity index (χ0) is 34.6. The Labute approximate surface area is 315 Å². The third-order valence-electron chi connectivity index (χ3n) is 13.5. The highest BCUT2D eigenvalue weighted by molar-refractivity contribution is 8.77. The Kier molecular flexibility index (Phi) is 18.8. The Morgan fingerprint density at radius 2 is 1.57 bits per heavy atom. The third-order valence-corrected chi connectivity index (χ3v) is 15.6. The van der Waals surface area contributed by atoms with Gasteiger partial charge in [0.25, 0.3) is 0 Å². The van der Waals surface area contributed by atoms with Crippen LogP contribution in [0.4, 0.5) is 0 Å². The van der Waals surface area contributed by atoms with E-state index in [1.807, 2.05) is 0 Å². The maximum Gasteiger partial charge on any atom is 0.317 e. The number of esters is 1. The minimum absolute atomic E-state index is 0. The Bertz CT molecular complexity index is 1040. The molecule has 4 rings (SSSR count). The van der Waals surface area contributed by atoms with E-state index < -0.39 is 0 Å². The van der Waals surface area contributed by atoms with Crippen molar-refractivity contribution in [1.82, 2.24) is 5.32 Å². The van der Waals surface area contributed by atoms with Gasteiger partial charge in [-0.1, -0.05) is 126 Å². The van der Waals surface area contributed by atoms with E-state index in [1.165, 1.54) is 111 Å². The molecule has 0 aromatic carbocycles. The molecule has 49 heavy (non-hydrogen) atoms. The number of hydrogen-bond acceptors (Lipinski definition) is 6. The molecule has 3 fully saturated rings. The number of ether oxygens (including phenoxy) is 1. The lowest BCUT2D eigenvalue weighted by molar-refractivity contribution is -0.148. The second-order valence-electron chi connectivity index (χ2n) is 17.1. The van der Waals surface area contributed by atoms with Crippen LogP contribution in [0.2, 0.25) is 0 Å². The van der Waals surface area contributed by atoms with Gasteiger partial charge in [0.15, 0.2) is 0 Å². The summed E-state index contributed by atoms with van der Waals surface area (Å²) in [5.41, 5.74) is 7.92. The highest BCUT2D eigenvalue weighted by Crippen LogP contribution is 2.67. The smallest absolute Gasteiger partial charge is 0.317 e. The Morgan fingerprint density at radius 1 is 0.878 bits per heavy atom. The van der Waals surface area contributed by atoms with Gasteiger partial charge >= 0.3 is 5.97 Å². The van der Waals surface area contributed by atoms with Gasteiger partial charge in [-0.15, -0.1) is 12.4 Å². The molecule has 8 heteroatoms. The maximum atomic E-state index is 12.8. The number of carbonyl (C=O) groups excluding carboxylic acids is 2. The van der Waals surface area contributed by atoms with Gasteiger partial charge in [0, 0.05) is 13.0 Å². The molecule has 3 saturated carbocycles. The number of nitrogens with two attached hydrogens (primary N) is 1. The molecule has 0 aromatic rings. The quantitative estimate of drug-likeness (QED) is 0.0528. The van der Waals surface area contributed by atoms with Gasteiger partial charge in [-0.3, -0.25) is 9.59 Å². The summed E-state index contributed by atoms with van der Waals surface area (Å²) in [6, 6.07) is 0. The maximum absolute atomic E-state index is 12.8. The Morgan fingerprint density at radius 3 is 2.29 bits per heavy atom. The normalized spacial score (nSPS) is 31.2. The molecule has 0 radical (unpaired) electrons. The lowest BCUT2D eigenvalue weighted by Gasteiger charge is -2.58. The van der Waals surface area contributed by atoms with E-state index in [0.717, 1.165) is 80.7 Å². The van der Waals surface area contributed by atoms with E-state index in [1.54, 1.807) is 5.57 Å². The topological polar surface area (TPSA) is 81.4 Å². The minimum atomic E-state index is -0.133. The Balaban J connectivity index is 0.00000650. The largest absolute Gasteiger partial charge is 0.461 e. The molecule has 1 amide bonds. The predicted octanol–water partition coefficient (Wildman–Crippen LogP) is 10.9. The lowest BCUT2D eigenvalue weighted by atomic mass is 9.47. The molecule has 3 N–H and O–H groups in total. The van der Waals surface area contributed by atoms with Crippen molar-refractivity contribution in [3.63, 3.8) is 0 Å². The van der Waals surface area contributed by atoms with E-state index in [4.69, 9.17) is 10.5 Å². The summed E-state index contributed by atoms with van der Waals surface area (Å²) in [7, 11) is 2.91. The van der Waals surface area contributed by atoms with Crippen LogP contribution in [0.25, 0.3) is 0 Å². The van der Waals surface area contributed by atoms with Crippen LogP contribution < -0.4 is 11.1 Å². The molecule has 0 bridgehead atoms. The van der Waals surface area contributed by atoms with Crippen LogP contribution in [0, 0.1) is 46.3 Å². The zero-order valence-electron chi connectivity index (χ0n) is 31.9. The fourth-order valence-electron chi connectivity index (χ4n) is 10.8. The van der Waals surface area contributed by atoms with Gasteiger partial charge in [0.1, 0.15) is 11.9 Å². The van der Waals surface area contributed by atoms with Crippen molar-refractivity contribution in [3.8, 4) is 0 Å². The summed E-state index contributed by atoms with van der Waals surface area (Å²) < 4.78 is 6.02. The van der Waals surface area contributed by atoms with Gasteiger partial charge < -0.3 is 15.8 Å². The number of carbonyl (C=O) groups is 2. The summed E-state index contributed by atoms with van der Waals surface area (Å²) in [5.74, 6) is 5.68. The van der Waals surface area contributed by atoms with Crippen molar-refractivity contribution in [2.45, 2.75) is 163 Å². The summed E-state index contributed by atoms with van der Waals surface area (Å²) >= 11 is 0. The molecule has 0 saturated heterocycles. The van der Waals surface area contributed by atoms with Gasteiger partial charge in [0.2, 0.25) is 5.91 Å². The van der Waals surface area contributed by atoms with Gasteiger partial charge in [-0.2, -0.15) is 0 Å². The van der Waals surface area contributed by atoms with Crippen molar-refractivity contribution in [3.05, 3.63) is 11.6 Å². The van der Waals surface area contributed by atoms with Crippen LogP contribution >= 0.6 is 34.0 Å². The van der Waals surface area contributed by atoms with Crippen LogP contribution in [0.1, 0.15) is 157 Å². The fourth-order valence-corrected chi connectivity index (χ4v) is 12.4. The number of unbranched alkanes of at least 4 members (excludes halogenated alkanes) is 7. The zero-order valence-corrected chi connectivity index (χ0v) is 34.4. The van der Waals surface area contributed by atoms with Crippen LogP contribution in [-0.4, -0.2) is 42.6 Å². The summed E-state index contributed by atoms with van der Waals surface area (Å²) in [4.78, 5) is 25.0. The van der Waals surface area contributed by atoms with E-state index >= 15 is 0 Å². The number of amides is 1. The van der Waals surface area contributed by atoms with Gasteiger partial charge in [-0.05, 0) is 111 Å². The third kappa shape index (κ3) is 12.1. The molecule has 284 valence electrons. The SMILES string of the molecule is CC(C)CCCC(C)C1CCC2C3CC=C4CC(OC(=O)CSSCC(=O)NCCCCCCCCCCN)CCC4(C)C3CCC12C.Cl. The first kappa shape index (κ1) is 43.0. The average molecular weight is 742 g/mol. The fraction of sp³-hybridized carbons (Fsp3) is 0.902. The lowest BCUT2D eigenvalue weighted by Crippen LogP contribution is -2.51. The highest BCUT2D eigenvalue weighted by Gasteiger charge is 2.59. The predicted molar refractivity (Wildman–Crippen MR) is 214 cm³/mol. The minimum Gasteiger partial charge on any atom is -0.461 e. The molecule has 0 heterocycles. The standard InChI is InChI=1S/C41H72N2O3S2.ClH/c1-30(2)15-14-16-31(3)35-19-20-36-34-18-17-32-27-33(21-23-40(32,4)37(34)22-24-41(35,36)5)46-39(45)29-48-47-28-38(44)43-26-13-11-9-7-6-8-10-12-25-42;/h17,30-31,33-37H,6-16,18-29,42H2,1-5H3,(H,43,44);1H. The summed E-state index contributed by atoms with van der Waals surface area (Å²) in [6.45, 7) is 14.1. The van der Waals surface area contributed by atoms with Crippen molar-refractivity contribution in [1.29, 1.82) is 0 Å². The van der Waals surface area contributed by atoms with E-state index in [9.17, 15) is 9.59 Å². The number of rotatable bonds is 21. The molecule has 0 aliphatic heterocycles.